The van der Waals surface area contributed by atoms with E-state index in [0.717, 1.165) is 5.56 Å². The highest BCUT2D eigenvalue weighted by atomic mass is 19.1. The van der Waals surface area contributed by atoms with Crippen molar-refractivity contribution in [2.45, 2.75) is 6.54 Å². The van der Waals surface area contributed by atoms with Gasteiger partial charge >= 0.3 is 0 Å². The number of rotatable bonds is 5. The molecule has 0 atom stereocenters. The quantitative estimate of drug-likeness (QED) is 0.570. The minimum atomic E-state index is -0.367. The van der Waals surface area contributed by atoms with Crippen molar-refractivity contribution in [3.05, 3.63) is 84.2 Å². The van der Waals surface area contributed by atoms with Gasteiger partial charge in [0.2, 0.25) is 0 Å². The number of carbonyl (C=O) groups excluding carboxylic acids is 1. The predicted molar refractivity (Wildman–Crippen MR) is 98.9 cm³/mol. The monoisotopic (exact) mass is 362 g/mol. The smallest absolute Gasteiger partial charge is 0.261 e. The molecule has 8 heteroatoms. The molecule has 1 aromatic carbocycles. The Kier molecular flexibility index (Phi) is 4.44. The summed E-state index contributed by atoms with van der Waals surface area (Å²) in [6, 6.07) is 11.1. The third-order valence-corrected chi connectivity index (χ3v) is 3.91. The van der Waals surface area contributed by atoms with Crippen LogP contribution in [0.25, 0.3) is 5.65 Å². The molecule has 0 saturated heterocycles. The van der Waals surface area contributed by atoms with Gasteiger partial charge in [0.15, 0.2) is 5.65 Å². The molecule has 4 rings (SSSR count). The molecule has 0 aliphatic carbocycles. The fourth-order valence-electron chi connectivity index (χ4n) is 2.55. The van der Waals surface area contributed by atoms with E-state index >= 15 is 0 Å². The fraction of sp³-hybridized carbons (Fsp3) is 0.0526. The lowest BCUT2D eigenvalue weighted by Gasteiger charge is -2.07. The first-order valence-electron chi connectivity index (χ1n) is 8.23. The number of nitrogens with one attached hydrogen (secondary N) is 2. The Balaban J connectivity index is 1.54. The molecule has 134 valence electrons. The van der Waals surface area contributed by atoms with Crippen molar-refractivity contribution in [1.82, 2.24) is 19.6 Å². The SMILES string of the molecule is O=C(Nc1ccc(F)cc1)c1cnn2ccc(NCc3cccnc3)nc12. The van der Waals surface area contributed by atoms with Crippen LogP contribution < -0.4 is 10.6 Å². The van der Waals surface area contributed by atoms with Gasteiger partial charge in [-0.25, -0.2) is 13.9 Å². The van der Waals surface area contributed by atoms with Gasteiger partial charge < -0.3 is 10.6 Å². The van der Waals surface area contributed by atoms with Crippen LogP contribution in [0.2, 0.25) is 0 Å². The van der Waals surface area contributed by atoms with Crippen LogP contribution in [-0.2, 0) is 6.54 Å². The molecule has 4 aromatic rings. The normalized spacial score (nSPS) is 10.7. The molecule has 3 aromatic heterocycles. The first-order valence-corrected chi connectivity index (χ1v) is 8.23. The minimum absolute atomic E-state index is 0.323. The second-order valence-corrected chi connectivity index (χ2v) is 5.82. The molecule has 0 saturated carbocycles. The number of fused-ring (bicyclic) bond motifs is 1. The number of hydrogen-bond acceptors (Lipinski definition) is 5. The summed E-state index contributed by atoms with van der Waals surface area (Å²) >= 11 is 0. The lowest BCUT2D eigenvalue weighted by molar-refractivity contribution is 0.102. The van der Waals surface area contributed by atoms with Gasteiger partial charge in [-0.05, 0) is 42.0 Å². The molecule has 0 radical (unpaired) electrons. The highest BCUT2D eigenvalue weighted by Crippen LogP contribution is 2.15. The van der Waals surface area contributed by atoms with Crippen molar-refractivity contribution in [3.63, 3.8) is 0 Å². The summed E-state index contributed by atoms with van der Waals surface area (Å²) in [7, 11) is 0. The first kappa shape index (κ1) is 16.6. The van der Waals surface area contributed by atoms with Gasteiger partial charge in [0.05, 0.1) is 6.20 Å². The van der Waals surface area contributed by atoms with Crippen molar-refractivity contribution >= 4 is 23.1 Å². The molecule has 1 amide bonds. The Morgan fingerprint density at radius 2 is 1.96 bits per heavy atom. The topological polar surface area (TPSA) is 84.2 Å². The zero-order valence-corrected chi connectivity index (χ0v) is 14.1. The fourth-order valence-corrected chi connectivity index (χ4v) is 2.55. The summed E-state index contributed by atoms with van der Waals surface area (Å²) in [6.07, 6.45) is 6.66. The van der Waals surface area contributed by atoms with Gasteiger partial charge in [-0.1, -0.05) is 6.07 Å². The Morgan fingerprint density at radius 1 is 1.11 bits per heavy atom. The van der Waals surface area contributed by atoms with E-state index in [1.54, 1.807) is 24.7 Å². The number of anilines is 2. The number of aromatic nitrogens is 4. The van der Waals surface area contributed by atoms with Crippen LogP contribution in [0, 0.1) is 5.82 Å². The summed E-state index contributed by atoms with van der Waals surface area (Å²) in [5, 5.41) is 10.1. The van der Waals surface area contributed by atoms with Gasteiger partial charge in [-0.3, -0.25) is 9.78 Å². The molecule has 27 heavy (non-hydrogen) atoms. The van der Waals surface area contributed by atoms with Gasteiger partial charge in [0, 0.05) is 30.8 Å². The lowest BCUT2D eigenvalue weighted by atomic mass is 10.2. The first-order chi connectivity index (χ1) is 13.2. The molecule has 7 nitrogen and oxygen atoms in total. The van der Waals surface area contributed by atoms with Crippen LogP contribution in [-0.4, -0.2) is 25.5 Å². The van der Waals surface area contributed by atoms with Crippen LogP contribution >= 0.6 is 0 Å². The molecule has 0 unspecified atom stereocenters. The molecule has 3 heterocycles. The molecular weight excluding hydrogens is 347 g/mol. The third-order valence-electron chi connectivity index (χ3n) is 3.91. The average Bonchev–Trinajstić information content (AvgIpc) is 3.12. The largest absolute Gasteiger partial charge is 0.366 e. The highest BCUT2D eigenvalue weighted by molar-refractivity contribution is 6.08. The second-order valence-electron chi connectivity index (χ2n) is 5.82. The molecule has 0 aliphatic rings. The van der Waals surface area contributed by atoms with Crippen LogP contribution in [0.5, 0.6) is 0 Å². The van der Waals surface area contributed by atoms with E-state index in [4.69, 9.17) is 0 Å². The maximum absolute atomic E-state index is 13.0. The Morgan fingerprint density at radius 3 is 2.74 bits per heavy atom. The third kappa shape index (κ3) is 3.74. The number of nitrogens with zero attached hydrogens (tertiary/aromatic N) is 4. The number of amides is 1. The summed E-state index contributed by atoms with van der Waals surface area (Å²) in [5.41, 5.74) is 2.25. The van der Waals surface area contributed by atoms with Crippen molar-refractivity contribution < 1.29 is 9.18 Å². The lowest BCUT2D eigenvalue weighted by Crippen LogP contribution is -2.12. The molecular formula is C19H15FN6O. The Hall–Kier alpha value is -3.81. The number of pyridine rings is 1. The zero-order chi connectivity index (χ0) is 18.6. The number of benzene rings is 1. The Labute approximate surface area is 153 Å². The van der Waals surface area contributed by atoms with Gasteiger partial charge in [0.1, 0.15) is 17.2 Å². The summed E-state index contributed by atoms with van der Waals surface area (Å²) in [4.78, 5) is 21.1. The summed E-state index contributed by atoms with van der Waals surface area (Å²) in [6.45, 7) is 0.558. The van der Waals surface area contributed by atoms with E-state index in [-0.39, 0.29) is 11.7 Å². The number of hydrogen-bond donors (Lipinski definition) is 2. The van der Waals surface area contributed by atoms with E-state index in [0.29, 0.717) is 29.3 Å². The molecule has 0 spiro atoms. The second kappa shape index (κ2) is 7.20. The van der Waals surface area contributed by atoms with E-state index in [2.05, 4.69) is 25.7 Å². The van der Waals surface area contributed by atoms with Crippen LogP contribution in [0.3, 0.4) is 0 Å². The van der Waals surface area contributed by atoms with Crippen molar-refractivity contribution in [2.24, 2.45) is 0 Å². The van der Waals surface area contributed by atoms with E-state index in [1.165, 1.54) is 35.0 Å². The maximum Gasteiger partial charge on any atom is 0.261 e. The highest BCUT2D eigenvalue weighted by Gasteiger charge is 2.15. The van der Waals surface area contributed by atoms with Gasteiger partial charge in [0.25, 0.3) is 5.91 Å². The number of halogens is 1. The molecule has 2 N–H and O–H groups in total. The van der Waals surface area contributed by atoms with Crippen molar-refractivity contribution in [2.75, 3.05) is 10.6 Å². The number of carbonyl (C=O) groups is 1. The van der Waals surface area contributed by atoms with Crippen molar-refractivity contribution in [1.29, 1.82) is 0 Å². The van der Waals surface area contributed by atoms with Gasteiger partial charge in [-0.2, -0.15) is 5.10 Å². The summed E-state index contributed by atoms with van der Waals surface area (Å²) < 4.78 is 14.5. The van der Waals surface area contributed by atoms with Crippen LogP contribution in [0.4, 0.5) is 15.9 Å². The molecule has 0 bridgehead atoms. The zero-order valence-electron chi connectivity index (χ0n) is 14.1. The van der Waals surface area contributed by atoms with Crippen LogP contribution in [0.15, 0.2) is 67.3 Å². The van der Waals surface area contributed by atoms with Gasteiger partial charge in [-0.15, -0.1) is 0 Å². The van der Waals surface area contributed by atoms with E-state index < -0.39 is 0 Å². The average molecular weight is 362 g/mol. The van der Waals surface area contributed by atoms with E-state index in [9.17, 15) is 9.18 Å². The van der Waals surface area contributed by atoms with E-state index in [1.807, 2.05) is 12.1 Å². The maximum atomic E-state index is 13.0. The molecule has 0 fully saturated rings. The standard InChI is InChI=1S/C19H15FN6O/c20-14-3-5-15(6-4-14)24-19(27)16-12-23-26-9-7-17(25-18(16)26)22-11-13-2-1-8-21-10-13/h1-10,12H,11H2,(H,22,25)(H,24,27). The Bertz CT molecular complexity index is 1080. The predicted octanol–water partition coefficient (Wildman–Crippen LogP) is 3.13. The summed E-state index contributed by atoms with van der Waals surface area (Å²) in [5.74, 6) is -0.119. The molecule has 0 aliphatic heterocycles. The van der Waals surface area contributed by atoms with Crippen LogP contribution in [0.1, 0.15) is 15.9 Å². The minimum Gasteiger partial charge on any atom is -0.366 e. The van der Waals surface area contributed by atoms with Crippen molar-refractivity contribution in [3.8, 4) is 0 Å².